The fraction of sp³-hybridized carbons (Fsp3) is 0.400. The highest BCUT2D eigenvalue weighted by atomic mass is 35.5. The quantitative estimate of drug-likeness (QED) is 0.263. The van der Waals surface area contributed by atoms with E-state index in [1.165, 1.54) is 16.3 Å². The molecule has 1 saturated heterocycles. The molecule has 0 aliphatic carbocycles. The molecule has 0 bridgehead atoms. The number of hydrogen-bond donors (Lipinski definition) is 5. The van der Waals surface area contributed by atoms with Crippen LogP contribution >= 0.6 is 26.8 Å². The number of imidazole rings is 1. The largest absolute Gasteiger partial charge is 0.387 e. The number of ether oxygens (including phenoxy) is 1. The number of nitrogens with zero attached hydrogens (tertiary/aromatic N) is 4. The normalized spacial score (nSPS) is 25.9. The molecule has 0 amide bonds. The molecule has 2 aliphatic heterocycles. The van der Waals surface area contributed by atoms with Gasteiger partial charge < -0.3 is 39.1 Å². The lowest BCUT2D eigenvalue weighted by molar-refractivity contribution is -0.0204. The Kier molecular flexibility index (Phi) is 6.76. The van der Waals surface area contributed by atoms with Gasteiger partial charge in [-0.05, 0) is 18.1 Å². The van der Waals surface area contributed by atoms with Gasteiger partial charge in [0.25, 0.3) is 0 Å². The van der Waals surface area contributed by atoms with Gasteiger partial charge in [0, 0.05) is 18.3 Å². The second-order valence-corrected chi connectivity index (χ2v) is 13.0. The van der Waals surface area contributed by atoms with Gasteiger partial charge in [-0.2, -0.15) is 5.10 Å². The molecular weight excluding hydrogens is 538 g/mol. The summed E-state index contributed by atoms with van der Waals surface area (Å²) in [5, 5.41) is 25.6. The van der Waals surface area contributed by atoms with Crippen LogP contribution in [-0.2, 0) is 24.8 Å². The van der Waals surface area contributed by atoms with E-state index in [0.29, 0.717) is 17.9 Å². The van der Waals surface area contributed by atoms with Gasteiger partial charge in [-0.3, -0.25) is 9.13 Å². The topological polar surface area (TPSA) is 187 Å². The number of aliphatic hydroxyl groups is 2. The molecule has 2 unspecified atom stereocenters. The molecule has 2 aliphatic rings. The van der Waals surface area contributed by atoms with Crippen molar-refractivity contribution in [2.75, 3.05) is 24.0 Å². The van der Waals surface area contributed by atoms with E-state index < -0.39 is 52.1 Å². The Morgan fingerprint density at radius 2 is 1.89 bits per heavy atom. The summed E-state index contributed by atoms with van der Waals surface area (Å²) in [6.45, 7) is 0.0112. The molecule has 13 nitrogen and oxygen atoms in total. The van der Waals surface area contributed by atoms with Gasteiger partial charge in [-0.1, -0.05) is 29.8 Å². The first kappa shape index (κ1) is 25.7. The van der Waals surface area contributed by atoms with Gasteiger partial charge in [0.15, 0.2) is 16.7 Å². The predicted molar refractivity (Wildman–Crippen MR) is 127 cm³/mol. The average Bonchev–Trinajstić information content (AvgIpc) is 3.47. The monoisotopic (exact) mass is 560 g/mol. The van der Waals surface area contributed by atoms with Crippen LogP contribution in [0.3, 0.4) is 0 Å². The maximum atomic E-state index is 11.9. The lowest BCUT2D eigenvalue weighted by Crippen LogP contribution is -2.33. The Morgan fingerprint density at radius 1 is 1.14 bits per heavy atom. The molecule has 1 aromatic carbocycles. The van der Waals surface area contributed by atoms with Crippen molar-refractivity contribution in [3.05, 3.63) is 52.9 Å². The fourth-order valence-corrected chi connectivity index (χ4v) is 7.26. The van der Waals surface area contributed by atoms with E-state index in [2.05, 4.69) is 15.0 Å². The minimum atomic E-state index is -4.82. The highest BCUT2D eigenvalue weighted by Gasteiger charge is 2.46. The molecule has 16 heteroatoms. The number of hydrogen-bond acceptors (Lipinski definition) is 9. The van der Waals surface area contributed by atoms with Crippen LogP contribution in [0.4, 0.5) is 11.4 Å². The summed E-state index contributed by atoms with van der Waals surface area (Å²) in [6, 6.07) is 9.63. The summed E-state index contributed by atoms with van der Waals surface area (Å²) in [7, 11) is -9.49. The summed E-state index contributed by atoms with van der Waals surface area (Å²) < 4.78 is 34.9. The van der Waals surface area contributed by atoms with Crippen molar-refractivity contribution in [3.63, 3.8) is 0 Å². The molecule has 3 aromatic rings. The van der Waals surface area contributed by atoms with E-state index in [0.717, 1.165) is 12.1 Å². The van der Waals surface area contributed by atoms with Crippen LogP contribution in [0.2, 0.25) is 5.15 Å². The number of aromatic nitrogens is 3. The molecular formula is C20H23ClN4O9P2. The smallest absolute Gasteiger partial charge is 0.340 e. The van der Waals surface area contributed by atoms with Crippen LogP contribution in [0.1, 0.15) is 17.4 Å². The van der Waals surface area contributed by atoms with Crippen molar-refractivity contribution in [1.29, 1.82) is 0 Å². The fourth-order valence-electron chi connectivity index (χ4n) is 4.52. The Hall–Kier alpha value is -1.89. The van der Waals surface area contributed by atoms with Crippen LogP contribution in [0.15, 0.2) is 36.5 Å². The number of rotatable bonds is 7. The second kappa shape index (κ2) is 9.45. The molecule has 36 heavy (non-hydrogen) atoms. The van der Waals surface area contributed by atoms with Crippen LogP contribution in [0, 0.1) is 0 Å². The minimum Gasteiger partial charge on any atom is -0.387 e. The summed E-state index contributed by atoms with van der Waals surface area (Å²) in [5.74, 6) is -1.38. The molecule has 4 heterocycles. The average molecular weight is 561 g/mol. The lowest BCUT2D eigenvalue weighted by Gasteiger charge is -2.21. The summed E-state index contributed by atoms with van der Waals surface area (Å²) in [6.07, 6.45) is -3.15. The Bertz CT molecular complexity index is 1400. The zero-order valence-electron chi connectivity index (χ0n) is 18.5. The van der Waals surface area contributed by atoms with Crippen LogP contribution in [0.5, 0.6) is 0 Å². The van der Waals surface area contributed by atoms with E-state index in [4.69, 9.17) is 30.6 Å². The molecule has 0 radical (unpaired) electrons. The van der Waals surface area contributed by atoms with Gasteiger partial charge in [-0.15, -0.1) is 0 Å². The summed E-state index contributed by atoms with van der Waals surface area (Å²) in [5.41, 5.74) is 3.60. The van der Waals surface area contributed by atoms with Crippen molar-refractivity contribution < 1.29 is 43.3 Å². The molecule has 5 N–H and O–H groups in total. The third-order valence-electron chi connectivity index (χ3n) is 6.08. The number of halogens is 1. The van der Waals surface area contributed by atoms with E-state index in [9.17, 15) is 24.2 Å². The minimum absolute atomic E-state index is 0.160. The second-order valence-electron chi connectivity index (χ2n) is 8.62. The Morgan fingerprint density at radius 3 is 2.64 bits per heavy atom. The molecule has 5 rings (SSSR count). The molecule has 5 atom stereocenters. The van der Waals surface area contributed by atoms with E-state index in [1.807, 2.05) is 24.3 Å². The van der Waals surface area contributed by atoms with Crippen molar-refractivity contribution in [3.8, 4) is 0 Å². The zero-order chi connectivity index (χ0) is 25.8. The first-order chi connectivity index (χ1) is 16.9. The standard InChI is InChI=1S/C20H23ClN4O9P2/c21-16-7-13(24-6-5-11-3-1-2-4-12(11)24)20-22-8-14(25(20)23-16)19-18(27)17(26)15(34-19)9-33-36(31,32)10-35(28,29)30/h1-4,7-8,15,17-19,26-27H,5-6,9-10H2,(H,31,32)(H2,28,29,30)/t15-,17-,18-,19?/m1/s1. The zero-order valence-corrected chi connectivity index (χ0v) is 21.1. The van der Waals surface area contributed by atoms with Crippen molar-refractivity contribution in [2.45, 2.75) is 30.8 Å². The first-order valence-electron chi connectivity index (χ1n) is 10.9. The molecule has 194 valence electrons. The number of para-hydroxylation sites is 1. The van der Waals surface area contributed by atoms with E-state index in [-0.39, 0.29) is 10.8 Å². The highest BCUT2D eigenvalue weighted by molar-refractivity contribution is 7.70. The third-order valence-corrected chi connectivity index (χ3v) is 9.72. The molecule has 0 spiro atoms. The van der Waals surface area contributed by atoms with Crippen LogP contribution < -0.4 is 4.90 Å². The number of benzene rings is 1. The number of aliphatic hydroxyl groups excluding tert-OH is 2. The highest BCUT2D eigenvalue weighted by Crippen LogP contribution is 2.55. The van der Waals surface area contributed by atoms with Crippen LogP contribution in [0.25, 0.3) is 5.65 Å². The van der Waals surface area contributed by atoms with Crippen molar-refractivity contribution in [2.24, 2.45) is 0 Å². The van der Waals surface area contributed by atoms with Crippen molar-refractivity contribution in [1.82, 2.24) is 14.6 Å². The van der Waals surface area contributed by atoms with Gasteiger partial charge in [0.1, 0.15) is 24.4 Å². The van der Waals surface area contributed by atoms with Gasteiger partial charge in [-0.25, -0.2) is 9.50 Å². The molecule has 0 saturated carbocycles. The van der Waals surface area contributed by atoms with Crippen LogP contribution in [-0.4, -0.2) is 76.9 Å². The SMILES string of the molecule is O=P(O)(O)CP(=O)(O)OC[C@H]1OC(c2cnc3c(N4CCc5ccccc54)cc(Cl)nn23)[C@H](O)[C@@H]1O. The van der Waals surface area contributed by atoms with Crippen molar-refractivity contribution >= 4 is 43.8 Å². The predicted octanol–water partition coefficient (Wildman–Crippen LogP) is 1.58. The van der Waals surface area contributed by atoms with Gasteiger partial charge >= 0.3 is 15.2 Å². The van der Waals surface area contributed by atoms with E-state index in [1.54, 1.807) is 6.07 Å². The van der Waals surface area contributed by atoms with Gasteiger partial charge in [0.2, 0.25) is 0 Å². The van der Waals surface area contributed by atoms with E-state index >= 15 is 0 Å². The molecule has 1 fully saturated rings. The third kappa shape index (κ3) is 4.97. The first-order valence-corrected chi connectivity index (χ1v) is 14.8. The maximum absolute atomic E-state index is 11.9. The lowest BCUT2D eigenvalue weighted by atomic mass is 10.1. The Balaban J connectivity index is 1.41. The summed E-state index contributed by atoms with van der Waals surface area (Å²) in [4.78, 5) is 34.1. The number of fused-ring (bicyclic) bond motifs is 2. The number of anilines is 2. The maximum Gasteiger partial charge on any atom is 0.340 e. The Labute approximate surface area is 209 Å². The molecule has 2 aromatic heterocycles. The summed E-state index contributed by atoms with van der Waals surface area (Å²) >= 11 is 6.33. The van der Waals surface area contributed by atoms with Gasteiger partial charge in [0.05, 0.1) is 24.2 Å².